The van der Waals surface area contributed by atoms with Crippen molar-refractivity contribution in [1.82, 2.24) is 15.2 Å². The van der Waals surface area contributed by atoms with Crippen LogP contribution in [0.15, 0.2) is 60.8 Å². The van der Waals surface area contributed by atoms with E-state index in [9.17, 15) is 0 Å². The molecule has 1 aromatic heterocycles. The number of nitrogens with one attached hydrogen (secondary N) is 1. The van der Waals surface area contributed by atoms with Crippen LogP contribution in [0.4, 0.5) is 17.5 Å². The van der Waals surface area contributed by atoms with Crippen LogP contribution in [0.2, 0.25) is 0 Å². The summed E-state index contributed by atoms with van der Waals surface area (Å²) in [5.41, 5.74) is 3.53. The summed E-state index contributed by atoms with van der Waals surface area (Å²) < 4.78 is 0. The van der Waals surface area contributed by atoms with E-state index in [2.05, 4.69) is 76.5 Å². The van der Waals surface area contributed by atoms with Crippen LogP contribution >= 0.6 is 0 Å². The zero-order valence-corrected chi connectivity index (χ0v) is 15.6. The molecule has 0 atom stereocenters. The molecule has 1 heterocycles. The fraction of sp³-hybridized carbons (Fsp3) is 0.286. The van der Waals surface area contributed by atoms with Gasteiger partial charge in [-0.25, -0.2) is 0 Å². The molecular weight excluding hydrogens is 322 g/mol. The molecule has 134 valence electrons. The van der Waals surface area contributed by atoms with Gasteiger partial charge in [0.25, 0.3) is 0 Å². The zero-order chi connectivity index (χ0) is 18.4. The Bertz CT molecular complexity index is 833. The molecule has 0 aliphatic rings. The summed E-state index contributed by atoms with van der Waals surface area (Å²) >= 11 is 0. The van der Waals surface area contributed by atoms with Crippen LogP contribution in [-0.2, 0) is 6.54 Å². The molecule has 0 radical (unpaired) electrons. The van der Waals surface area contributed by atoms with E-state index in [1.54, 1.807) is 6.20 Å². The Morgan fingerprint density at radius 3 is 2.46 bits per heavy atom. The summed E-state index contributed by atoms with van der Waals surface area (Å²) in [5.74, 6) is 1.76. The highest BCUT2D eigenvalue weighted by molar-refractivity contribution is 5.61. The number of aromatic nitrogens is 3. The van der Waals surface area contributed by atoms with Crippen molar-refractivity contribution in [2.24, 2.45) is 0 Å². The highest BCUT2D eigenvalue weighted by Gasteiger charge is 2.12. The molecule has 5 heteroatoms. The van der Waals surface area contributed by atoms with Gasteiger partial charge in [0.05, 0.1) is 6.20 Å². The first kappa shape index (κ1) is 17.9. The minimum Gasteiger partial charge on any atom is -0.339 e. The van der Waals surface area contributed by atoms with E-state index < -0.39 is 0 Å². The Morgan fingerprint density at radius 1 is 1.00 bits per heavy atom. The van der Waals surface area contributed by atoms with Gasteiger partial charge in [-0.1, -0.05) is 62.4 Å². The Balaban J connectivity index is 1.81. The second-order valence-electron chi connectivity index (χ2n) is 6.51. The molecular formula is C21H25N5. The normalized spacial score (nSPS) is 10.8. The highest BCUT2D eigenvalue weighted by atomic mass is 15.3. The lowest BCUT2D eigenvalue weighted by molar-refractivity contribution is 0.771. The van der Waals surface area contributed by atoms with Gasteiger partial charge in [-0.2, -0.15) is 10.1 Å². The maximum absolute atomic E-state index is 4.68. The fourth-order valence-electron chi connectivity index (χ4n) is 2.87. The number of benzene rings is 2. The highest BCUT2D eigenvalue weighted by Crippen LogP contribution is 2.26. The molecule has 2 aromatic carbocycles. The molecule has 26 heavy (non-hydrogen) atoms. The Morgan fingerprint density at radius 2 is 1.73 bits per heavy atom. The van der Waals surface area contributed by atoms with E-state index in [-0.39, 0.29) is 0 Å². The van der Waals surface area contributed by atoms with Gasteiger partial charge in [-0.05, 0) is 30.0 Å². The van der Waals surface area contributed by atoms with E-state index >= 15 is 0 Å². The minimum atomic E-state index is 0.429. The second kappa shape index (κ2) is 8.43. The first-order valence-electron chi connectivity index (χ1n) is 9.02. The predicted molar refractivity (Wildman–Crippen MR) is 107 cm³/mol. The average molecular weight is 347 g/mol. The van der Waals surface area contributed by atoms with Gasteiger partial charge in [0.15, 0.2) is 5.82 Å². The van der Waals surface area contributed by atoms with Crippen molar-refractivity contribution in [3.63, 3.8) is 0 Å². The van der Waals surface area contributed by atoms with Crippen molar-refractivity contribution < 1.29 is 0 Å². The van der Waals surface area contributed by atoms with Gasteiger partial charge in [0.1, 0.15) is 0 Å². The first-order chi connectivity index (χ1) is 12.7. The van der Waals surface area contributed by atoms with Crippen molar-refractivity contribution in [3.05, 3.63) is 71.9 Å². The van der Waals surface area contributed by atoms with Crippen LogP contribution in [0.5, 0.6) is 0 Å². The quantitative estimate of drug-likeness (QED) is 0.667. The van der Waals surface area contributed by atoms with Crippen LogP contribution in [0, 0.1) is 0 Å². The van der Waals surface area contributed by atoms with E-state index in [1.165, 1.54) is 11.1 Å². The van der Waals surface area contributed by atoms with Gasteiger partial charge in [0, 0.05) is 18.8 Å². The smallest absolute Gasteiger partial charge is 0.247 e. The molecule has 0 saturated heterocycles. The van der Waals surface area contributed by atoms with Gasteiger partial charge in [0.2, 0.25) is 5.95 Å². The monoisotopic (exact) mass is 347 g/mol. The molecule has 3 aromatic rings. The molecule has 0 fully saturated rings. The third kappa shape index (κ3) is 4.36. The van der Waals surface area contributed by atoms with Gasteiger partial charge in [-0.3, -0.25) is 0 Å². The van der Waals surface area contributed by atoms with Crippen molar-refractivity contribution in [2.75, 3.05) is 16.8 Å². The van der Waals surface area contributed by atoms with Gasteiger partial charge < -0.3 is 10.2 Å². The van der Waals surface area contributed by atoms with Crippen LogP contribution in [0.3, 0.4) is 0 Å². The summed E-state index contributed by atoms with van der Waals surface area (Å²) in [4.78, 5) is 6.79. The summed E-state index contributed by atoms with van der Waals surface area (Å²) in [6, 6.07) is 18.6. The van der Waals surface area contributed by atoms with Crippen LogP contribution < -0.4 is 10.2 Å². The van der Waals surface area contributed by atoms with Crippen molar-refractivity contribution in [2.45, 2.75) is 33.2 Å². The largest absolute Gasteiger partial charge is 0.339 e. The Labute approximate surface area is 155 Å². The van der Waals surface area contributed by atoms with Gasteiger partial charge in [-0.15, -0.1) is 5.10 Å². The Kier molecular flexibility index (Phi) is 5.79. The zero-order valence-electron chi connectivity index (χ0n) is 15.6. The minimum absolute atomic E-state index is 0.429. The molecule has 0 aliphatic heterocycles. The topological polar surface area (TPSA) is 53.9 Å². The van der Waals surface area contributed by atoms with E-state index in [1.807, 2.05) is 24.3 Å². The van der Waals surface area contributed by atoms with Gasteiger partial charge >= 0.3 is 0 Å². The number of nitrogens with zero attached hydrogens (tertiary/aromatic N) is 4. The fourth-order valence-corrected chi connectivity index (χ4v) is 2.87. The molecule has 0 aliphatic carbocycles. The third-order valence-electron chi connectivity index (χ3n) is 4.27. The van der Waals surface area contributed by atoms with E-state index in [4.69, 9.17) is 0 Å². The number of hydrogen-bond acceptors (Lipinski definition) is 5. The lowest BCUT2D eigenvalue weighted by atomic mass is 10.0. The standard InChI is InChI=1S/C21H25N5/c1-4-26(15-17-10-6-5-7-11-17)21-24-20(14-22-25-21)23-19-13-9-8-12-18(19)16(2)3/h5-14,16H,4,15H2,1-3H3,(H,23,24,25). The number of rotatable bonds is 7. The summed E-state index contributed by atoms with van der Waals surface area (Å²) in [6.07, 6.45) is 1.66. The molecule has 1 N–H and O–H groups in total. The maximum atomic E-state index is 4.68. The average Bonchev–Trinajstić information content (AvgIpc) is 2.67. The van der Waals surface area contributed by atoms with E-state index in [0.717, 1.165) is 18.8 Å². The first-order valence-corrected chi connectivity index (χ1v) is 9.02. The van der Waals surface area contributed by atoms with Crippen molar-refractivity contribution >= 4 is 17.5 Å². The summed E-state index contributed by atoms with van der Waals surface area (Å²) in [7, 11) is 0. The lowest BCUT2D eigenvalue weighted by Crippen LogP contribution is -2.24. The van der Waals surface area contributed by atoms with Crippen LogP contribution in [-0.4, -0.2) is 21.7 Å². The molecule has 0 spiro atoms. The van der Waals surface area contributed by atoms with Crippen molar-refractivity contribution in [3.8, 4) is 0 Å². The summed E-state index contributed by atoms with van der Waals surface area (Å²) in [6.45, 7) is 8.03. The number of para-hydroxylation sites is 1. The van der Waals surface area contributed by atoms with Crippen molar-refractivity contribution in [1.29, 1.82) is 0 Å². The SMILES string of the molecule is CCN(Cc1ccccc1)c1nncc(Nc2ccccc2C(C)C)n1. The number of hydrogen-bond donors (Lipinski definition) is 1. The van der Waals surface area contributed by atoms with Crippen LogP contribution in [0.1, 0.15) is 37.8 Å². The second-order valence-corrected chi connectivity index (χ2v) is 6.51. The van der Waals surface area contributed by atoms with E-state index in [0.29, 0.717) is 17.7 Å². The maximum Gasteiger partial charge on any atom is 0.247 e. The molecule has 3 rings (SSSR count). The lowest BCUT2D eigenvalue weighted by Gasteiger charge is -2.21. The molecule has 0 amide bonds. The third-order valence-corrected chi connectivity index (χ3v) is 4.27. The molecule has 0 unspecified atom stereocenters. The number of anilines is 3. The molecule has 0 bridgehead atoms. The van der Waals surface area contributed by atoms with Crippen LogP contribution in [0.25, 0.3) is 0 Å². The predicted octanol–water partition coefficient (Wildman–Crippen LogP) is 4.77. The Hall–Kier alpha value is -2.95. The molecule has 0 saturated carbocycles. The molecule has 5 nitrogen and oxygen atoms in total. The summed E-state index contributed by atoms with van der Waals surface area (Å²) in [5, 5.41) is 11.8.